The summed E-state index contributed by atoms with van der Waals surface area (Å²) in [4.78, 5) is 7.53. The van der Waals surface area contributed by atoms with E-state index in [9.17, 15) is 0 Å². The molecule has 0 bridgehead atoms. The first-order valence-electron chi connectivity index (χ1n) is 25.7. The molecule has 2 aliphatic rings. The predicted octanol–water partition coefficient (Wildman–Crippen LogP) is 17.5. The first-order chi connectivity index (χ1) is 34.2. The second kappa shape index (κ2) is 16.2. The largest absolute Gasteiger partial charge is 0.454 e. The van der Waals surface area contributed by atoms with Crippen molar-refractivity contribution in [1.29, 1.82) is 0 Å². The van der Waals surface area contributed by atoms with E-state index in [4.69, 9.17) is 4.42 Å². The maximum Gasteiger partial charge on any atom is 0.264 e. The highest BCUT2D eigenvalue weighted by atomic mass is 32.1. The molecule has 2 aromatic heterocycles. The Labute approximate surface area is 430 Å². The highest BCUT2D eigenvalue weighted by molar-refractivity contribution is 7.33. The Morgan fingerprint density at radius 2 is 0.944 bits per heavy atom. The summed E-state index contributed by atoms with van der Waals surface area (Å²) in [6.07, 6.45) is 0. The molecule has 0 saturated carbocycles. The number of nitrogens with zero attached hydrogens (tertiary/aromatic N) is 3. The van der Waals surface area contributed by atoms with Crippen molar-refractivity contribution in [2.24, 2.45) is 0 Å². The van der Waals surface area contributed by atoms with Gasteiger partial charge in [-0.3, -0.25) is 0 Å². The Morgan fingerprint density at radius 1 is 0.431 bits per heavy atom. The molecular weight excluding hydrogens is 894 g/mol. The van der Waals surface area contributed by atoms with E-state index in [-0.39, 0.29) is 28.4 Å². The Morgan fingerprint density at radius 3 is 1.56 bits per heavy atom. The van der Waals surface area contributed by atoms with Crippen LogP contribution in [0, 0.1) is 0 Å². The Kier molecular flexibility index (Phi) is 10.4. The molecule has 10 aromatic rings. The number of hydrogen-bond donors (Lipinski definition) is 0. The van der Waals surface area contributed by atoms with Crippen LogP contribution in [0.3, 0.4) is 0 Å². The molecule has 0 N–H and O–H groups in total. The van der Waals surface area contributed by atoms with Gasteiger partial charge in [0.1, 0.15) is 5.58 Å². The van der Waals surface area contributed by atoms with Crippen molar-refractivity contribution in [2.75, 3.05) is 14.7 Å². The maximum atomic E-state index is 6.96. The average molecular weight is 958 g/mol. The lowest BCUT2D eigenvalue weighted by atomic mass is 9.36. The monoisotopic (exact) mass is 957 g/mol. The Balaban J connectivity index is 1.15. The van der Waals surface area contributed by atoms with E-state index in [2.05, 4.69) is 268 Å². The fourth-order valence-corrected chi connectivity index (χ4v) is 12.5. The van der Waals surface area contributed by atoms with Crippen LogP contribution in [-0.4, -0.2) is 6.71 Å². The van der Waals surface area contributed by atoms with Gasteiger partial charge >= 0.3 is 0 Å². The van der Waals surface area contributed by atoms with E-state index in [1.807, 2.05) is 11.3 Å². The van der Waals surface area contributed by atoms with Crippen LogP contribution in [-0.2, 0) is 21.7 Å². The van der Waals surface area contributed by atoms with E-state index in [1.165, 1.54) is 59.4 Å². The van der Waals surface area contributed by atoms with Gasteiger partial charge in [0.05, 0.1) is 11.4 Å². The van der Waals surface area contributed by atoms with Crippen molar-refractivity contribution in [2.45, 2.75) is 105 Å². The topological polar surface area (TPSA) is 22.9 Å². The molecule has 0 atom stereocenters. The van der Waals surface area contributed by atoms with Gasteiger partial charge in [-0.05, 0) is 140 Å². The van der Waals surface area contributed by atoms with Crippen LogP contribution in [0.1, 0.15) is 105 Å². The molecule has 2 aliphatic heterocycles. The molecule has 4 heterocycles. The molecule has 72 heavy (non-hydrogen) atoms. The standard InChI is InChI=1S/C66H64BN3OS/c1-63(2,3)41-23-30-45(31-24-41)68(46-32-25-42(26-33-46)64(4,5)6)48-36-37-52-56(40-48)70(55-21-15-18-50-49-17-13-14-22-57(49)71-61(50)55)54-20-16-19-53-59(54)67(52)62-60(51-39-44(66(10,11)12)29-38-58(51)72-62)69(53)47-34-27-43(28-35-47)65(7,8)9/h13-40H,1-12H3. The SMILES string of the molecule is CC(C)(C)c1ccc(N(c2ccc(C(C)(C)C)cc2)c2ccc3c(c2)N(c2cccc4c2oc2ccccc24)c2cccc4c2B3c2sc3ccc(C(C)(C)C)cc3c2N4c2ccc(C(C)(C)C)cc2)cc1. The van der Waals surface area contributed by atoms with Gasteiger partial charge in [0.2, 0.25) is 0 Å². The van der Waals surface area contributed by atoms with Gasteiger partial charge in [-0.15, -0.1) is 11.3 Å². The van der Waals surface area contributed by atoms with E-state index >= 15 is 0 Å². The minimum Gasteiger partial charge on any atom is -0.454 e. The molecule has 0 fully saturated rings. The fraction of sp³-hybridized carbons (Fsp3) is 0.242. The van der Waals surface area contributed by atoms with Gasteiger partial charge in [-0.1, -0.05) is 168 Å². The molecule has 0 aliphatic carbocycles. The summed E-state index contributed by atoms with van der Waals surface area (Å²) in [6.45, 7) is 27.5. The number of rotatable bonds is 5. The molecule has 6 heteroatoms. The van der Waals surface area contributed by atoms with Gasteiger partial charge in [-0.25, -0.2) is 0 Å². The Bertz CT molecular complexity index is 3680. The zero-order valence-electron chi connectivity index (χ0n) is 43.9. The highest BCUT2D eigenvalue weighted by Crippen LogP contribution is 2.51. The molecule has 0 unspecified atom stereocenters. The normalized spacial score (nSPS) is 13.8. The third-order valence-electron chi connectivity index (χ3n) is 15.3. The quantitative estimate of drug-likeness (QED) is 0.160. The van der Waals surface area contributed by atoms with E-state index in [0.717, 1.165) is 61.8 Å². The summed E-state index contributed by atoms with van der Waals surface area (Å²) in [6, 6.07) is 64.2. The molecule has 12 rings (SSSR count). The number of para-hydroxylation sites is 2. The lowest BCUT2D eigenvalue weighted by Crippen LogP contribution is -2.60. The third kappa shape index (κ3) is 7.47. The number of anilines is 9. The molecule has 358 valence electrons. The van der Waals surface area contributed by atoms with Crippen LogP contribution >= 0.6 is 11.3 Å². The van der Waals surface area contributed by atoms with Crippen molar-refractivity contribution in [3.63, 3.8) is 0 Å². The van der Waals surface area contributed by atoms with Crippen LogP contribution in [0.4, 0.5) is 51.2 Å². The molecular formula is C66H64BN3OS. The summed E-state index contributed by atoms with van der Waals surface area (Å²) in [5.74, 6) is 0. The van der Waals surface area contributed by atoms with Gasteiger partial charge in [0.25, 0.3) is 6.71 Å². The van der Waals surface area contributed by atoms with Crippen molar-refractivity contribution in [3.05, 3.63) is 192 Å². The number of fused-ring (bicyclic) bond motifs is 9. The van der Waals surface area contributed by atoms with Crippen molar-refractivity contribution < 1.29 is 4.42 Å². The first kappa shape index (κ1) is 46.1. The first-order valence-corrected chi connectivity index (χ1v) is 26.5. The van der Waals surface area contributed by atoms with Crippen molar-refractivity contribution >= 4 is 117 Å². The van der Waals surface area contributed by atoms with E-state index < -0.39 is 0 Å². The fourth-order valence-electron chi connectivity index (χ4n) is 11.2. The summed E-state index contributed by atoms with van der Waals surface area (Å²) in [5, 5.41) is 3.52. The maximum absolute atomic E-state index is 6.96. The second-order valence-electron chi connectivity index (χ2n) is 24.3. The van der Waals surface area contributed by atoms with Gasteiger partial charge in [0, 0.05) is 65.4 Å². The number of furan rings is 1. The van der Waals surface area contributed by atoms with E-state index in [0.29, 0.717) is 0 Å². The van der Waals surface area contributed by atoms with Gasteiger partial charge in [0.15, 0.2) is 5.58 Å². The summed E-state index contributed by atoms with van der Waals surface area (Å²) >= 11 is 1.95. The highest BCUT2D eigenvalue weighted by Gasteiger charge is 2.46. The molecule has 0 saturated heterocycles. The van der Waals surface area contributed by atoms with E-state index in [1.54, 1.807) is 0 Å². The number of thiophene rings is 1. The lowest BCUT2D eigenvalue weighted by Gasteiger charge is -2.43. The molecule has 4 nitrogen and oxygen atoms in total. The molecule has 0 spiro atoms. The van der Waals surface area contributed by atoms with Crippen LogP contribution in [0.2, 0.25) is 0 Å². The van der Waals surface area contributed by atoms with Gasteiger partial charge in [-0.2, -0.15) is 0 Å². The number of hydrogen-bond acceptors (Lipinski definition) is 5. The average Bonchev–Trinajstić information content (AvgIpc) is 3.92. The molecule has 0 amide bonds. The zero-order chi connectivity index (χ0) is 50.2. The van der Waals surface area contributed by atoms with Gasteiger partial charge < -0.3 is 19.1 Å². The smallest absolute Gasteiger partial charge is 0.264 e. The van der Waals surface area contributed by atoms with Crippen LogP contribution in [0.15, 0.2) is 174 Å². The third-order valence-corrected chi connectivity index (χ3v) is 16.5. The van der Waals surface area contributed by atoms with Crippen LogP contribution in [0.25, 0.3) is 32.0 Å². The predicted molar refractivity (Wildman–Crippen MR) is 313 cm³/mol. The van der Waals surface area contributed by atoms with Crippen LogP contribution in [0.5, 0.6) is 0 Å². The zero-order valence-corrected chi connectivity index (χ0v) is 44.7. The Hall–Kier alpha value is -7.02. The second-order valence-corrected chi connectivity index (χ2v) is 25.4. The molecule has 8 aromatic carbocycles. The summed E-state index contributed by atoms with van der Waals surface area (Å²) < 4.78 is 9.62. The summed E-state index contributed by atoms with van der Waals surface area (Å²) in [5.41, 5.74) is 19.9. The number of benzene rings is 8. The minimum absolute atomic E-state index is 0.0139. The minimum atomic E-state index is -0.0347. The summed E-state index contributed by atoms with van der Waals surface area (Å²) in [7, 11) is 0. The van der Waals surface area contributed by atoms with Crippen molar-refractivity contribution in [3.8, 4) is 0 Å². The van der Waals surface area contributed by atoms with Crippen LogP contribution < -0.4 is 30.4 Å². The lowest BCUT2D eigenvalue weighted by molar-refractivity contribution is 0.590. The van der Waals surface area contributed by atoms with Crippen molar-refractivity contribution in [1.82, 2.24) is 0 Å². The molecule has 0 radical (unpaired) electrons.